The van der Waals surface area contributed by atoms with Gasteiger partial charge in [-0.3, -0.25) is 9.69 Å². The molecule has 0 spiro atoms. The molecule has 2 N–H and O–H groups in total. The lowest BCUT2D eigenvalue weighted by atomic mass is 10.1. The van der Waals surface area contributed by atoms with Gasteiger partial charge >= 0.3 is 0 Å². The zero-order chi connectivity index (χ0) is 11.7. The fourth-order valence-corrected chi connectivity index (χ4v) is 2.74. The van der Waals surface area contributed by atoms with E-state index in [1.165, 1.54) is 12.8 Å². The largest absolute Gasteiger partial charge is 0.358 e. The average molecular weight is 225 g/mol. The van der Waals surface area contributed by atoms with Crippen molar-refractivity contribution >= 4 is 5.91 Å². The third-order valence-corrected chi connectivity index (χ3v) is 3.76. The summed E-state index contributed by atoms with van der Waals surface area (Å²) in [6.45, 7) is 5.33. The van der Waals surface area contributed by atoms with Crippen LogP contribution in [0, 0.1) is 0 Å². The number of hydrogen-bond acceptors (Lipinski definition) is 3. The van der Waals surface area contributed by atoms with Crippen LogP contribution in [0.15, 0.2) is 0 Å². The van der Waals surface area contributed by atoms with Crippen LogP contribution in [-0.2, 0) is 4.79 Å². The smallest absolute Gasteiger partial charge is 0.236 e. The first-order valence-electron chi connectivity index (χ1n) is 6.35. The van der Waals surface area contributed by atoms with Crippen LogP contribution in [0.25, 0.3) is 0 Å². The van der Waals surface area contributed by atoms with E-state index < -0.39 is 0 Å². The monoisotopic (exact) mass is 225 g/mol. The predicted octanol–water partition coefficient (Wildman–Crippen LogP) is 0.336. The van der Waals surface area contributed by atoms with Crippen molar-refractivity contribution in [3.05, 3.63) is 0 Å². The fraction of sp³-hybridized carbons (Fsp3) is 0.917. The van der Waals surface area contributed by atoms with E-state index in [1.807, 2.05) is 6.92 Å². The third-order valence-electron chi connectivity index (χ3n) is 3.76. The second-order valence-corrected chi connectivity index (χ2v) is 5.21. The van der Waals surface area contributed by atoms with Crippen molar-refractivity contribution in [2.45, 2.75) is 57.3 Å². The van der Waals surface area contributed by atoms with Crippen molar-refractivity contribution in [3.8, 4) is 0 Å². The molecular formula is C12H23N3O. The molecule has 4 heteroatoms. The quantitative estimate of drug-likeness (QED) is 0.725. The van der Waals surface area contributed by atoms with E-state index in [-0.39, 0.29) is 11.9 Å². The minimum Gasteiger partial charge on any atom is -0.358 e. The highest BCUT2D eigenvalue weighted by Gasteiger charge is 2.39. The van der Waals surface area contributed by atoms with Crippen molar-refractivity contribution < 1.29 is 4.79 Å². The van der Waals surface area contributed by atoms with E-state index in [2.05, 4.69) is 22.5 Å². The molecule has 0 aromatic rings. The average Bonchev–Trinajstić information content (AvgIpc) is 3.03. The molecule has 2 unspecified atom stereocenters. The van der Waals surface area contributed by atoms with Gasteiger partial charge in [-0.05, 0) is 33.1 Å². The van der Waals surface area contributed by atoms with Gasteiger partial charge in [0.25, 0.3) is 0 Å². The minimum atomic E-state index is -0.0821. The van der Waals surface area contributed by atoms with Crippen molar-refractivity contribution in [2.75, 3.05) is 13.6 Å². The minimum absolute atomic E-state index is 0.0810. The topological polar surface area (TPSA) is 44.4 Å². The van der Waals surface area contributed by atoms with Crippen LogP contribution in [0.2, 0.25) is 0 Å². The Morgan fingerprint density at radius 1 is 1.44 bits per heavy atom. The van der Waals surface area contributed by atoms with E-state index in [1.54, 1.807) is 7.05 Å². The highest BCUT2D eigenvalue weighted by molar-refractivity contribution is 5.80. The number of hydrogen-bond donors (Lipinski definition) is 2. The number of rotatable bonds is 4. The van der Waals surface area contributed by atoms with E-state index >= 15 is 0 Å². The zero-order valence-corrected chi connectivity index (χ0v) is 10.5. The number of nitrogens with one attached hydrogen (secondary N) is 2. The molecule has 3 atom stereocenters. The first kappa shape index (κ1) is 11.9. The SMILES string of the molecule is CNC(=O)[C@@H](C)NC1CC(C)N(C2CC2)C1. The Kier molecular flexibility index (Phi) is 3.50. The number of nitrogens with zero attached hydrogens (tertiary/aromatic N) is 1. The lowest BCUT2D eigenvalue weighted by Gasteiger charge is -2.20. The standard InChI is InChI=1S/C12H23N3O/c1-8-6-10(7-15(8)11-4-5-11)14-9(2)12(16)13-3/h8-11,14H,4-7H2,1-3H3,(H,13,16)/t8?,9-,10?/m1/s1. The summed E-state index contributed by atoms with van der Waals surface area (Å²) in [5, 5.41) is 6.10. The highest BCUT2D eigenvalue weighted by Crippen LogP contribution is 2.33. The number of carbonyl (C=O) groups is 1. The molecule has 0 radical (unpaired) electrons. The van der Waals surface area contributed by atoms with Crippen LogP contribution >= 0.6 is 0 Å². The maximum absolute atomic E-state index is 11.4. The van der Waals surface area contributed by atoms with Gasteiger partial charge in [0.05, 0.1) is 6.04 Å². The molecular weight excluding hydrogens is 202 g/mol. The number of likely N-dealkylation sites (N-methyl/N-ethyl adjacent to an activating group) is 1. The third kappa shape index (κ3) is 2.55. The van der Waals surface area contributed by atoms with Gasteiger partial charge in [-0.15, -0.1) is 0 Å². The number of amides is 1. The summed E-state index contributed by atoms with van der Waals surface area (Å²) in [5.41, 5.74) is 0. The molecule has 1 aliphatic carbocycles. The van der Waals surface area contributed by atoms with E-state index in [0.29, 0.717) is 12.1 Å². The van der Waals surface area contributed by atoms with Gasteiger partial charge in [-0.2, -0.15) is 0 Å². The molecule has 92 valence electrons. The Morgan fingerprint density at radius 3 is 2.69 bits per heavy atom. The molecule has 0 aromatic carbocycles. The summed E-state index contributed by atoms with van der Waals surface area (Å²) >= 11 is 0. The summed E-state index contributed by atoms with van der Waals surface area (Å²) in [7, 11) is 1.69. The van der Waals surface area contributed by atoms with E-state index in [4.69, 9.17) is 0 Å². The maximum atomic E-state index is 11.4. The van der Waals surface area contributed by atoms with Gasteiger partial charge < -0.3 is 10.6 Å². The van der Waals surface area contributed by atoms with Crippen LogP contribution in [0.1, 0.15) is 33.1 Å². The second kappa shape index (κ2) is 4.72. The lowest BCUT2D eigenvalue weighted by molar-refractivity contribution is -0.122. The molecule has 16 heavy (non-hydrogen) atoms. The Balaban J connectivity index is 1.81. The molecule has 0 aromatic heterocycles. The molecule has 1 amide bonds. The van der Waals surface area contributed by atoms with Crippen LogP contribution in [0.4, 0.5) is 0 Å². The van der Waals surface area contributed by atoms with Gasteiger partial charge in [-0.25, -0.2) is 0 Å². The normalized spacial score (nSPS) is 32.7. The molecule has 4 nitrogen and oxygen atoms in total. The van der Waals surface area contributed by atoms with Crippen LogP contribution in [0.3, 0.4) is 0 Å². The van der Waals surface area contributed by atoms with Crippen LogP contribution < -0.4 is 10.6 Å². The van der Waals surface area contributed by atoms with Crippen molar-refractivity contribution in [1.29, 1.82) is 0 Å². The molecule has 1 aliphatic heterocycles. The van der Waals surface area contributed by atoms with Crippen LogP contribution in [0.5, 0.6) is 0 Å². The van der Waals surface area contributed by atoms with Gasteiger partial charge in [0, 0.05) is 31.7 Å². The Hall–Kier alpha value is -0.610. The Bertz CT molecular complexity index is 265. The van der Waals surface area contributed by atoms with Crippen molar-refractivity contribution in [2.24, 2.45) is 0 Å². The molecule has 1 saturated carbocycles. The van der Waals surface area contributed by atoms with Crippen molar-refractivity contribution in [3.63, 3.8) is 0 Å². The summed E-state index contributed by atoms with van der Waals surface area (Å²) in [5.74, 6) is 0.0810. The van der Waals surface area contributed by atoms with Gasteiger partial charge in [0.2, 0.25) is 5.91 Å². The summed E-state index contributed by atoms with van der Waals surface area (Å²) in [6.07, 6.45) is 3.89. The molecule has 2 aliphatic rings. The van der Waals surface area contributed by atoms with E-state index in [9.17, 15) is 4.79 Å². The highest BCUT2D eigenvalue weighted by atomic mass is 16.2. The lowest BCUT2D eigenvalue weighted by Crippen LogP contribution is -2.46. The van der Waals surface area contributed by atoms with Gasteiger partial charge in [0.15, 0.2) is 0 Å². The Labute approximate surface area is 97.8 Å². The zero-order valence-electron chi connectivity index (χ0n) is 10.5. The number of carbonyl (C=O) groups excluding carboxylic acids is 1. The molecule has 1 heterocycles. The summed E-state index contributed by atoms with van der Waals surface area (Å²) in [6, 6.07) is 1.89. The van der Waals surface area contributed by atoms with Crippen molar-refractivity contribution in [1.82, 2.24) is 15.5 Å². The molecule has 1 saturated heterocycles. The van der Waals surface area contributed by atoms with Gasteiger partial charge in [-0.1, -0.05) is 0 Å². The number of likely N-dealkylation sites (tertiary alicyclic amines) is 1. The molecule has 2 rings (SSSR count). The molecule has 0 bridgehead atoms. The first-order valence-corrected chi connectivity index (χ1v) is 6.35. The molecule has 2 fully saturated rings. The maximum Gasteiger partial charge on any atom is 0.236 e. The second-order valence-electron chi connectivity index (χ2n) is 5.21. The summed E-state index contributed by atoms with van der Waals surface area (Å²) in [4.78, 5) is 14.0. The predicted molar refractivity (Wildman–Crippen MR) is 64.3 cm³/mol. The van der Waals surface area contributed by atoms with E-state index in [0.717, 1.165) is 19.0 Å². The Morgan fingerprint density at radius 2 is 2.12 bits per heavy atom. The first-order chi connectivity index (χ1) is 7.61. The fourth-order valence-electron chi connectivity index (χ4n) is 2.74. The van der Waals surface area contributed by atoms with Crippen LogP contribution in [-0.4, -0.2) is 48.6 Å². The summed E-state index contributed by atoms with van der Waals surface area (Å²) < 4.78 is 0. The van der Waals surface area contributed by atoms with Gasteiger partial charge in [0.1, 0.15) is 0 Å².